The van der Waals surface area contributed by atoms with E-state index in [9.17, 15) is 9.59 Å². The molecule has 0 aliphatic carbocycles. The molecule has 112 valence electrons. The van der Waals surface area contributed by atoms with Crippen molar-refractivity contribution in [3.8, 4) is 0 Å². The molecule has 1 atom stereocenters. The van der Waals surface area contributed by atoms with Gasteiger partial charge in [0.25, 0.3) is 0 Å². The van der Waals surface area contributed by atoms with Gasteiger partial charge in [0.05, 0.1) is 6.04 Å². The van der Waals surface area contributed by atoms with Crippen molar-refractivity contribution < 1.29 is 9.59 Å². The molecule has 1 aromatic rings. The van der Waals surface area contributed by atoms with Crippen LogP contribution in [0.3, 0.4) is 0 Å². The maximum atomic E-state index is 11.7. The van der Waals surface area contributed by atoms with Crippen LogP contribution in [0, 0.1) is 5.92 Å². The maximum Gasteiger partial charge on any atom is 0.237 e. The molecule has 20 heavy (non-hydrogen) atoms. The van der Waals surface area contributed by atoms with E-state index in [1.807, 2.05) is 26.0 Å². The predicted octanol–water partition coefficient (Wildman–Crippen LogP) is 1.67. The van der Waals surface area contributed by atoms with Crippen molar-refractivity contribution in [3.05, 3.63) is 29.8 Å². The van der Waals surface area contributed by atoms with Crippen LogP contribution < -0.4 is 16.4 Å². The summed E-state index contributed by atoms with van der Waals surface area (Å²) in [5.74, 6) is -0.146. The van der Waals surface area contributed by atoms with Crippen molar-refractivity contribution in [2.75, 3.05) is 5.32 Å². The highest BCUT2D eigenvalue weighted by Gasteiger charge is 2.16. The molecule has 4 N–H and O–H groups in total. The molecular formula is C14H22ClN3O2. The van der Waals surface area contributed by atoms with E-state index in [1.165, 1.54) is 6.92 Å². The number of carbonyl (C=O) groups excluding carboxylic acids is 2. The highest BCUT2D eigenvalue weighted by molar-refractivity contribution is 5.88. The number of rotatable bonds is 5. The van der Waals surface area contributed by atoms with Gasteiger partial charge in [-0.05, 0) is 23.6 Å². The lowest BCUT2D eigenvalue weighted by atomic mass is 10.0. The van der Waals surface area contributed by atoms with Crippen molar-refractivity contribution in [2.45, 2.75) is 33.4 Å². The third kappa shape index (κ3) is 6.04. The topological polar surface area (TPSA) is 84.2 Å². The van der Waals surface area contributed by atoms with Crippen molar-refractivity contribution >= 4 is 29.9 Å². The first kappa shape index (κ1) is 18.4. The molecule has 0 heterocycles. The van der Waals surface area contributed by atoms with E-state index in [0.29, 0.717) is 6.54 Å². The largest absolute Gasteiger partial charge is 0.351 e. The van der Waals surface area contributed by atoms with Gasteiger partial charge in [-0.3, -0.25) is 9.59 Å². The SMILES string of the molecule is CC(=O)Nc1ccc(CNC(=O)[C@H](N)C(C)C)cc1.Cl. The molecule has 0 radical (unpaired) electrons. The van der Waals surface area contributed by atoms with Crippen molar-refractivity contribution in [2.24, 2.45) is 11.7 Å². The summed E-state index contributed by atoms with van der Waals surface area (Å²) in [4.78, 5) is 22.5. The molecule has 0 saturated carbocycles. The van der Waals surface area contributed by atoms with E-state index >= 15 is 0 Å². The quantitative estimate of drug-likeness (QED) is 0.773. The summed E-state index contributed by atoms with van der Waals surface area (Å²) in [5, 5.41) is 5.47. The second-order valence-corrected chi connectivity index (χ2v) is 4.87. The van der Waals surface area contributed by atoms with Crippen molar-refractivity contribution in [1.82, 2.24) is 5.32 Å². The fourth-order valence-electron chi connectivity index (χ4n) is 1.52. The molecule has 1 aromatic carbocycles. The van der Waals surface area contributed by atoms with Gasteiger partial charge >= 0.3 is 0 Å². The number of amides is 2. The van der Waals surface area contributed by atoms with Crippen LogP contribution in [0.2, 0.25) is 0 Å². The van der Waals surface area contributed by atoms with E-state index in [1.54, 1.807) is 12.1 Å². The first-order valence-corrected chi connectivity index (χ1v) is 6.30. The highest BCUT2D eigenvalue weighted by Crippen LogP contribution is 2.09. The van der Waals surface area contributed by atoms with E-state index in [2.05, 4.69) is 10.6 Å². The van der Waals surface area contributed by atoms with Gasteiger partial charge in [0.1, 0.15) is 0 Å². The highest BCUT2D eigenvalue weighted by atomic mass is 35.5. The molecule has 0 saturated heterocycles. The number of nitrogens with two attached hydrogens (primary N) is 1. The summed E-state index contributed by atoms with van der Waals surface area (Å²) >= 11 is 0. The van der Waals surface area contributed by atoms with Crippen LogP contribution in [0.4, 0.5) is 5.69 Å². The average molecular weight is 300 g/mol. The second kappa shape index (κ2) is 8.55. The Morgan fingerprint density at radius 1 is 1.20 bits per heavy atom. The monoisotopic (exact) mass is 299 g/mol. The molecule has 6 heteroatoms. The third-order valence-corrected chi connectivity index (χ3v) is 2.76. The predicted molar refractivity (Wildman–Crippen MR) is 82.7 cm³/mol. The first-order chi connectivity index (χ1) is 8.90. The van der Waals surface area contributed by atoms with Crippen LogP contribution in [-0.4, -0.2) is 17.9 Å². The third-order valence-electron chi connectivity index (χ3n) is 2.76. The van der Waals surface area contributed by atoms with Crippen LogP contribution in [0.15, 0.2) is 24.3 Å². The van der Waals surface area contributed by atoms with Crippen LogP contribution in [-0.2, 0) is 16.1 Å². The number of anilines is 1. The zero-order chi connectivity index (χ0) is 14.4. The van der Waals surface area contributed by atoms with Gasteiger partial charge in [-0.1, -0.05) is 26.0 Å². The molecular weight excluding hydrogens is 278 g/mol. The Labute approximate surface area is 125 Å². The Morgan fingerprint density at radius 2 is 1.75 bits per heavy atom. The van der Waals surface area contributed by atoms with Crippen molar-refractivity contribution in [3.63, 3.8) is 0 Å². The van der Waals surface area contributed by atoms with Gasteiger partial charge in [-0.15, -0.1) is 12.4 Å². The molecule has 1 rings (SSSR count). The summed E-state index contributed by atoms with van der Waals surface area (Å²) < 4.78 is 0. The minimum absolute atomic E-state index is 0. The molecule has 0 unspecified atom stereocenters. The van der Waals surface area contributed by atoms with Gasteiger partial charge in [0.15, 0.2) is 0 Å². The van der Waals surface area contributed by atoms with Crippen LogP contribution in [0.1, 0.15) is 26.3 Å². The Balaban J connectivity index is 0.00000361. The Hall–Kier alpha value is -1.59. The molecule has 0 fully saturated rings. The van der Waals surface area contributed by atoms with Gasteiger partial charge in [-0.2, -0.15) is 0 Å². The van der Waals surface area contributed by atoms with E-state index in [0.717, 1.165) is 11.3 Å². The minimum Gasteiger partial charge on any atom is -0.351 e. The number of benzene rings is 1. The van der Waals surface area contributed by atoms with Crippen LogP contribution in [0.25, 0.3) is 0 Å². The fraction of sp³-hybridized carbons (Fsp3) is 0.429. The summed E-state index contributed by atoms with van der Waals surface area (Å²) in [6.07, 6.45) is 0. The fourth-order valence-corrected chi connectivity index (χ4v) is 1.52. The summed E-state index contributed by atoms with van der Waals surface area (Å²) in [7, 11) is 0. The smallest absolute Gasteiger partial charge is 0.237 e. The number of hydrogen-bond acceptors (Lipinski definition) is 3. The normalized spacial score (nSPS) is 11.4. The second-order valence-electron chi connectivity index (χ2n) is 4.87. The average Bonchev–Trinajstić information content (AvgIpc) is 2.35. The van der Waals surface area contributed by atoms with E-state index in [-0.39, 0.29) is 30.1 Å². The molecule has 0 aliphatic heterocycles. The summed E-state index contributed by atoms with van der Waals surface area (Å²) in [6.45, 7) is 5.71. The Morgan fingerprint density at radius 3 is 2.20 bits per heavy atom. The molecule has 5 nitrogen and oxygen atoms in total. The molecule has 0 bridgehead atoms. The molecule has 0 aliphatic rings. The lowest BCUT2D eigenvalue weighted by molar-refractivity contribution is -0.123. The number of carbonyl (C=O) groups is 2. The lowest BCUT2D eigenvalue weighted by Crippen LogP contribution is -2.43. The van der Waals surface area contributed by atoms with Crippen LogP contribution >= 0.6 is 12.4 Å². The zero-order valence-electron chi connectivity index (χ0n) is 12.0. The minimum atomic E-state index is -0.487. The standard InChI is InChI=1S/C14H21N3O2.ClH/c1-9(2)13(15)14(19)16-8-11-4-6-12(7-5-11)17-10(3)18;/h4-7,9,13H,8,15H2,1-3H3,(H,16,19)(H,17,18);1H/t13-;/m1./s1. The van der Waals surface area contributed by atoms with E-state index < -0.39 is 6.04 Å². The first-order valence-electron chi connectivity index (χ1n) is 6.30. The molecule has 0 spiro atoms. The zero-order valence-corrected chi connectivity index (χ0v) is 12.8. The Bertz CT molecular complexity index is 446. The maximum absolute atomic E-state index is 11.7. The number of halogens is 1. The number of nitrogens with one attached hydrogen (secondary N) is 2. The Kier molecular flexibility index (Phi) is 7.87. The van der Waals surface area contributed by atoms with Crippen molar-refractivity contribution in [1.29, 1.82) is 0 Å². The summed E-state index contributed by atoms with van der Waals surface area (Å²) in [6, 6.07) is 6.81. The lowest BCUT2D eigenvalue weighted by Gasteiger charge is -2.15. The summed E-state index contributed by atoms with van der Waals surface area (Å²) in [5.41, 5.74) is 7.44. The van der Waals surface area contributed by atoms with Gasteiger partial charge in [0, 0.05) is 19.2 Å². The molecule has 2 amide bonds. The van der Waals surface area contributed by atoms with Crippen LogP contribution in [0.5, 0.6) is 0 Å². The van der Waals surface area contributed by atoms with Gasteiger partial charge in [-0.25, -0.2) is 0 Å². The van der Waals surface area contributed by atoms with E-state index in [4.69, 9.17) is 5.73 Å². The van der Waals surface area contributed by atoms with Gasteiger partial charge < -0.3 is 16.4 Å². The van der Waals surface area contributed by atoms with Gasteiger partial charge in [0.2, 0.25) is 11.8 Å². The molecule has 0 aromatic heterocycles. The number of hydrogen-bond donors (Lipinski definition) is 3.